The standard InChI is InChI=1S/C15H20N2O2/c1-5-15(19)16-14-8-6-13(7-9-14)10-17(11(2)3)12(4)18/h5-9,11H,1,10H2,2-4H3,(H,16,19). The maximum Gasteiger partial charge on any atom is 0.247 e. The lowest BCUT2D eigenvalue weighted by molar-refractivity contribution is -0.131. The highest BCUT2D eigenvalue weighted by Gasteiger charge is 2.12. The van der Waals surface area contributed by atoms with Crippen molar-refractivity contribution in [2.45, 2.75) is 33.4 Å². The number of benzene rings is 1. The Hall–Kier alpha value is -2.10. The fourth-order valence-corrected chi connectivity index (χ4v) is 1.74. The molecule has 19 heavy (non-hydrogen) atoms. The Morgan fingerprint density at radius 2 is 1.89 bits per heavy atom. The van der Waals surface area contributed by atoms with Crippen molar-refractivity contribution in [1.82, 2.24) is 4.90 Å². The first-order valence-corrected chi connectivity index (χ1v) is 6.23. The second kappa shape index (κ2) is 6.73. The van der Waals surface area contributed by atoms with Crippen molar-refractivity contribution >= 4 is 17.5 Å². The van der Waals surface area contributed by atoms with Gasteiger partial charge in [0.05, 0.1) is 0 Å². The molecule has 1 aromatic rings. The van der Waals surface area contributed by atoms with E-state index in [1.165, 1.54) is 6.08 Å². The largest absolute Gasteiger partial charge is 0.336 e. The van der Waals surface area contributed by atoms with Crippen molar-refractivity contribution in [3.05, 3.63) is 42.5 Å². The Kier molecular flexibility index (Phi) is 5.30. The number of carbonyl (C=O) groups excluding carboxylic acids is 2. The first kappa shape index (κ1) is 15.0. The summed E-state index contributed by atoms with van der Waals surface area (Å²) in [5.41, 5.74) is 1.74. The molecule has 0 spiro atoms. The molecule has 0 atom stereocenters. The minimum atomic E-state index is -0.236. The molecule has 0 saturated carbocycles. The van der Waals surface area contributed by atoms with Crippen LogP contribution in [0.25, 0.3) is 0 Å². The van der Waals surface area contributed by atoms with Gasteiger partial charge >= 0.3 is 0 Å². The van der Waals surface area contributed by atoms with Crippen molar-refractivity contribution in [1.29, 1.82) is 0 Å². The maximum atomic E-state index is 11.5. The summed E-state index contributed by atoms with van der Waals surface area (Å²) < 4.78 is 0. The molecule has 0 aliphatic rings. The molecule has 4 nitrogen and oxygen atoms in total. The average molecular weight is 260 g/mol. The Balaban J connectivity index is 2.73. The molecule has 0 aliphatic heterocycles. The van der Waals surface area contributed by atoms with Crippen molar-refractivity contribution < 1.29 is 9.59 Å². The summed E-state index contributed by atoms with van der Waals surface area (Å²) in [6.07, 6.45) is 1.23. The summed E-state index contributed by atoms with van der Waals surface area (Å²) in [7, 11) is 0. The highest BCUT2D eigenvalue weighted by molar-refractivity contribution is 5.98. The summed E-state index contributed by atoms with van der Waals surface area (Å²) in [4.78, 5) is 24.4. The predicted octanol–water partition coefficient (Wildman–Crippen LogP) is 2.57. The number of nitrogens with zero attached hydrogens (tertiary/aromatic N) is 1. The molecular formula is C15H20N2O2. The Bertz CT molecular complexity index is 464. The molecule has 1 aromatic carbocycles. The van der Waals surface area contributed by atoms with Crippen molar-refractivity contribution in [2.24, 2.45) is 0 Å². The van der Waals surface area contributed by atoms with E-state index < -0.39 is 0 Å². The summed E-state index contributed by atoms with van der Waals surface area (Å²) in [6.45, 7) is 9.51. The van der Waals surface area contributed by atoms with Gasteiger partial charge in [-0.2, -0.15) is 0 Å². The van der Waals surface area contributed by atoms with E-state index in [-0.39, 0.29) is 17.9 Å². The molecule has 102 valence electrons. The predicted molar refractivity (Wildman–Crippen MR) is 76.6 cm³/mol. The van der Waals surface area contributed by atoms with Crippen LogP contribution < -0.4 is 5.32 Å². The number of carbonyl (C=O) groups is 2. The zero-order chi connectivity index (χ0) is 14.4. The lowest BCUT2D eigenvalue weighted by atomic mass is 10.1. The molecule has 0 fully saturated rings. The van der Waals surface area contributed by atoms with Crippen molar-refractivity contribution in [3.8, 4) is 0 Å². The molecule has 0 saturated heterocycles. The van der Waals surface area contributed by atoms with Crippen LogP contribution in [-0.4, -0.2) is 22.8 Å². The van der Waals surface area contributed by atoms with Gasteiger partial charge in [-0.15, -0.1) is 0 Å². The number of amides is 2. The van der Waals surface area contributed by atoms with Crippen LogP contribution in [0.4, 0.5) is 5.69 Å². The molecule has 0 aliphatic carbocycles. The highest BCUT2D eigenvalue weighted by atomic mass is 16.2. The van der Waals surface area contributed by atoms with Crippen LogP contribution in [0.3, 0.4) is 0 Å². The fraction of sp³-hybridized carbons (Fsp3) is 0.333. The van der Waals surface area contributed by atoms with Gasteiger partial charge in [0.25, 0.3) is 0 Å². The summed E-state index contributed by atoms with van der Waals surface area (Å²) in [6, 6.07) is 7.59. The van der Waals surface area contributed by atoms with E-state index in [1.807, 2.05) is 38.1 Å². The van der Waals surface area contributed by atoms with Crippen LogP contribution in [0, 0.1) is 0 Å². The first-order chi connectivity index (χ1) is 8.93. The lowest BCUT2D eigenvalue weighted by Crippen LogP contribution is -2.34. The quantitative estimate of drug-likeness (QED) is 0.827. The number of hydrogen-bond donors (Lipinski definition) is 1. The second-order valence-corrected chi connectivity index (χ2v) is 4.63. The molecule has 0 bridgehead atoms. The van der Waals surface area contributed by atoms with Gasteiger partial charge in [-0.1, -0.05) is 18.7 Å². The van der Waals surface area contributed by atoms with Crippen LogP contribution in [0.15, 0.2) is 36.9 Å². The van der Waals surface area contributed by atoms with Gasteiger partial charge in [0.2, 0.25) is 11.8 Å². The smallest absolute Gasteiger partial charge is 0.247 e. The second-order valence-electron chi connectivity index (χ2n) is 4.63. The van der Waals surface area contributed by atoms with E-state index in [0.29, 0.717) is 12.2 Å². The summed E-state index contributed by atoms with van der Waals surface area (Å²) in [5.74, 6) is -0.181. The van der Waals surface area contributed by atoms with Crippen molar-refractivity contribution in [2.75, 3.05) is 5.32 Å². The topological polar surface area (TPSA) is 49.4 Å². The Morgan fingerprint density at radius 1 is 1.32 bits per heavy atom. The van der Waals surface area contributed by atoms with E-state index in [0.717, 1.165) is 5.56 Å². The van der Waals surface area contributed by atoms with E-state index >= 15 is 0 Å². The number of rotatable bonds is 5. The van der Waals surface area contributed by atoms with Gasteiger partial charge in [0, 0.05) is 25.2 Å². The van der Waals surface area contributed by atoms with E-state index in [1.54, 1.807) is 11.8 Å². The fourth-order valence-electron chi connectivity index (χ4n) is 1.74. The third-order valence-corrected chi connectivity index (χ3v) is 2.79. The van der Waals surface area contributed by atoms with Gasteiger partial charge in [-0.05, 0) is 37.6 Å². The van der Waals surface area contributed by atoms with Gasteiger partial charge in [0.1, 0.15) is 0 Å². The van der Waals surface area contributed by atoms with Crippen LogP contribution in [-0.2, 0) is 16.1 Å². The third-order valence-electron chi connectivity index (χ3n) is 2.79. The van der Waals surface area contributed by atoms with Gasteiger partial charge < -0.3 is 10.2 Å². The molecule has 0 radical (unpaired) electrons. The lowest BCUT2D eigenvalue weighted by Gasteiger charge is -2.25. The SMILES string of the molecule is C=CC(=O)Nc1ccc(CN(C(C)=O)C(C)C)cc1. The molecule has 0 aromatic heterocycles. The third kappa shape index (κ3) is 4.58. The molecule has 1 rings (SSSR count). The number of nitrogens with one attached hydrogen (secondary N) is 1. The maximum absolute atomic E-state index is 11.5. The number of hydrogen-bond acceptors (Lipinski definition) is 2. The normalized spacial score (nSPS) is 10.1. The van der Waals surface area contributed by atoms with Crippen LogP contribution in [0.2, 0.25) is 0 Å². The van der Waals surface area contributed by atoms with E-state index in [9.17, 15) is 9.59 Å². The van der Waals surface area contributed by atoms with E-state index in [4.69, 9.17) is 0 Å². The Labute approximate surface area is 114 Å². The van der Waals surface area contributed by atoms with Crippen LogP contribution in [0.1, 0.15) is 26.3 Å². The average Bonchev–Trinajstić information content (AvgIpc) is 2.36. The van der Waals surface area contributed by atoms with Crippen LogP contribution in [0.5, 0.6) is 0 Å². The molecule has 0 unspecified atom stereocenters. The highest BCUT2D eigenvalue weighted by Crippen LogP contribution is 2.13. The van der Waals surface area contributed by atoms with Crippen molar-refractivity contribution in [3.63, 3.8) is 0 Å². The minimum Gasteiger partial charge on any atom is -0.336 e. The van der Waals surface area contributed by atoms with Crippen LogP contribution >= 0.6 is 0 Å². The summed E-state index contributed by atoms with van der Waals surface area (Å²) in [5, 5.41) is 2.68. The zero-order valence-electron chi connectivity index (χ0n) is 11.6. The molecular weight excluding hydrogens is 240 g/mol. The summed E-state index contributed by atoms with van der Waals surface area (Å²) >= 11 is 0. The number of anilines is 1. The van der Waals surface area contributed by atoms with Gasteiger partial charge in [-0.25, -0.2) is 0 Å². The Morgan fingerprint density at radius 3 is 2.32 bits per heavy atom. The molecule has 4 heteroatoms. The monoisotopic (exact) mass is 260 g/mol. The molecule has 0 heterocycles. The molecule has 2 amide bonds. The van der Waals surface area contributed by atoms with Gasteiger partial charge in [0.15, 0.2) is 0 Å². The van der Waals surface area contributed by atoms with E-state index in [2.05, 4.69) is 11.9 Å². The van der Waals surface area contributed by atoms with Gasteiger partial charge in [-0.3, -0.25) is 9.59 Å². The minimum absolute atomic E-state index is 0.0547. The molecule has 1 N–H and O–H groups in total. The zero-order valence-corrected chi connectivity index (χ0v) is 11.6. The first-order valence-electron chi connectivity index (χ1n) is 6.23.